The summed E-state index contributed by atoms with van der Waals surface area (Å²) in [4.78, 5) is 16.6. The van der Waals surface area contributed by atoms with E-state index in [0.29, 0.717) is 18.0 Å². The van der Waals surface area contributed by atoms with E-state index in [9.17, 15) is 4.79 Å². The van der Waals surface area contributed by atoms with E-state index in [4.69, 9.17) is 5.73 Å². The number of aryl methyl sites for hydroxylation is 2. The lowest BCUT2D eigenvalue weighted by atomic mass is 9.95. The van der Waals surface area contributed by atoms with Gasteiger partial charge in [0.15, 0.2) is 0 Å². The van der Waals surface area contributed by atoms with Crippen molar-refractivity contribution in [3.05, 3.63) is 29.1 Å². The average Bonchev–Trinajstić information content (AvgIpc) is 3.12. The van der Waals surface area contributed by atoms with Gasteiger partial charge in [0.05, 0.1) is 16.8 Å². The summed E-state index contributed by atoms with van der Waals surface area (Å²) in [5.41, 5.74) is 7.85. The fourth-order valence-corrected chi connectivity index (χ4v) is 2.29. The monoisotopic (exact) mass is 247 g/mol. The van der Waals surface area contributed by atoms with Gasteiger partial charge in [-0.1, -0.05) is 0 Å². The van der Waals surface area contributed by atoms with E-state index in [1.54, 1.807) is 0 Å². The summed E-state index contributed by atoms with van der Waals surface area (Å²) in [7, 11) is 0. The van der Waals surface area contributed by atoms with Gasteiger partial charge in [0.1, 0.15) is 0 Å². The molecule has 1 aliphatic rings. The predicted octanol–water partition coefficient (Wildman–Crippen LogP) is 1.56. The van der Waals surface area contributed by atoms with Crippen molar-refractivity contribution in [1.82, 2.24) is 10.3 Å². The Morgan fingerprint density at radius 1 is 1.50 bits per heavy atom. The van der Waals surface area contributed by atoms with Crippen molar-refractivity contribution in [3.8, 4) is 0 Å². The largest absolute Gasteiger partial charge is 0.345 e. The fraction of sp³-hybridized carbons (Fsp3) is 0.571. The maximum Gasteiger partial charge on any atom is 0.253 e. The first kappa shape index (κ1) is 13.0. The van der Waals surface area contributed by atoms with Crippen molar-refractivity contribution in [2.45, 2.75) is 39.2 Å². The van der Waals surface area contributed by atoms with Gasteiger partial charge in [-0.05, 0) is 51.7 Å². The van der Waals surface area contributed by atoms with Gasteiger partial charge in [-0.25, -0.2) is 0 Å². The zero-order valence-corrected chi connectivity index (χ0v) is 11.3. The minimum absolute atomic E-state index is 0.0696. The van der Waals surface area contributed by atoms with Gasteiger partial charge in [-0.3, -0.25) is 9.78 Å². The van der Waals surface area contributed by atoms with Crippen LogP contribution < -0.4 is 11.1 Å². The first-order valence-corrected chi connectivity index (χ1v) is 6.43. The fourth-order valence-electron chi connectivity index (χ4n) is 2.29. The van der Waals surface area contributed by atoms with E-state index in [2.05, 4.69) is 10.3 Å². The highest BCUT2D eigenvalue weighted by Gasteiger charge is 2.41. The highest BCUT2D eigenvalue weighted by Crippen LogP contribution is 2.39. The lowest BCUT2D eigenvalue weighted by Gasteiger charge is -2.29. The summed E-state index contributed by atoms with van der Waals surface area (Å²) in [5.74, 6) is 0.449. The van der Waals surface area contributed by atoms with Crippen molar-refractivity contribution in [1.29, 1.82) is 0 Å². The molecule has 0 spiro atoms. The van der Waals surface area contributed by atoms with Gasteiger partial charge in [-0.15, -0.1) is 0 Å². The van der Waals surface area contributed by atoms with Gasteiger partial charge in [0.2, 0.25) is 0 Å². The molecule has 1 aromatic heterocycles. The summed E-state index contributed by atoms with van der Waals surface area (Å²) < 4.78 is 0. The molecule has 0 aliphatic heterocycles. The smallest absolute Gasteiger partial charge is 0.253 e. The van der Waals surface area contributed by atoms with Gasteiger partial charge < -0.3 is 11.1 Å². The number of rotatable bonds is 4. The Balaban J connectivity index is 2.16. The molecule has 98 valence electrons. The molecular weight excluding hydrogens is 226 g/mol. The third kappa shape index (κ3) is 2.53. The van der Waals surface area contributed by atoms with Crippen molar-refractivity contribution in [2.24, 2.45) is 11.7 Å². The quantitative estimate of drug-likeness (QED) is 0.848. The second kappa shape index (κ2) is 4.69. The number of aromatic nitrogens is 1. The standard InChI is InChI=1S/C14H21N3O/c1-9-4-7-12(10(2)16-9)13(18)17-14(3,8-15)11-5-6-11/h4,7,11H,5-6,8,15H2,1-3H3,(H,17,18). The summed E-state index contributed by atoms with van der Waals surface area (Å²) in [6.45, 7) is 6.28. The summed E-state index contributed by atoms with van der Waals surface area (Å²) in [5, 5.41) is 3.08. The van der Waals surface area contributed by atoms with E-state index < -0.39 is 0 Å². The number of hydrogen-bond acceptors (Lipinski definition) is 3. The minimum atomic E-state index is -0.283. The number of pyridine rings is 1. The lowest BCUT2D eigenvalue weighted by molar-refractivity contribution is 0.0896. The molecule has 1 aliphatic carbocycles. The molecule has 3 N–H and O–H groups in total. The van der Waals surface area contributed by atoms with Crippen LogP contribution in [0.1, 0.15) is 41.5 Å². The van der Waals surface area contributed by atoms with Crippen LogP contribution in [0.5, 0.6) is 0 Å². The lowest BCUT2D eigenvalue weighted by Crippen LogP contribution is -2.53. The third-order valence-corrected chi connectivity index (χ3v) is 3.77. The molecule has 0 bridgehead atoms. The van der Waals surface area contributed by atoms with Crippen LogP contribution in [0.25, 0.3) is 0 Å². The van der Waals surface area contributed by atoms with E-state index >= 15 is 0 Å². The number of hydrogen-bond donors (Lipinski definition) is 2. The van der Waals surface area contributed by atoms with Crippen LogP contribution in [0.15, 0.2) is 12.1 Å². The van der Waals surface area contributed by atoms with E-state index in [0.717, 1.165) is 24.2 Å². The molecule has 1 unspecified atom stereocenters. The van der Waals surface area contributed by atoms with E-state index in [1.807, 2.05) is 32.9 Å². The molecule has 1 fully saturated rings. The first-order chi connectivity index (χ1) is 8.46. The summed E-state index contributed by atoms with van der Waals surface area (Å²) in [6, 6.07) is 3.69. The summed E-state index contributed by atoms with van der Waals surface area (Å²) >= 11 is 0. The summed E-state index contributed by atoms with van der Waals surface area (Å²) in [6.07, 6.45) is 2.30. The van der Waals surface area contributed by atoms with Gasteiger partial charge in [0.25, 0.3) is 5.91 Å². The number of nitrogens with two attached hydrogens (primary N) is 1. The Morgan fingerprint density at radius 3 is 2.67 bits per heavy atom. The average molecular weight is 247 g/mol. The molecule has 1 saturated carbocycles. The molecule has 0 radical (unpaired) electrons. The Bertz CT molecular complexity index is 468. The Hall–Kier alpha value is -1.42. The zero-order chi connectivity index (χ0) is 13.3. The van der Waals surface area contributed by atoms with Crippen LogP contribution in [-0.2, 0) is 0 Å². The van der Waals surface area contributed by atoms with Gasteiger partial charge >= 0.3 is 0 Å². The van der Waals surface area contributed by atoms with Crippen molar-refractivity contribution in [2.75, 3.05) is 6.54 Å². The second-order valence-corrected chi connectivity index (χ2v) is 5.44. The van der Waals surface area contributed by atoms with E-state index in [1.165, 1.54) is 0 Å². The molecule has 2 rings (SSSR count). The maximum atomic E-state index is 12.3. The maximum absolute atomic E-state index is 12.3. The van der Waals surface area contributed by atoms with Gasteiger partial charge in [-0.2, -0.15) is 0 Å². The highest BCUT2D eigenvalue weighted by atomic mass is 16.1. The number of carbonyl (C=O) groups excluding carboxylic acids is 1. The Kier molecular flexibility index (Phi) is 3.39. The van der Waals surface area contributed by atoms with Crippen LogP contribution in [0.4, 0.5) is 0 Å². The van der Waals surface area contributed by atoms with Crippen molar-refractivity contribution >= 4 is 5.91 Å². The molecule has 0 aromatic carbocycles. The highest BCUT2D eigenvalue weighted by molar-refractivity contribution is 5.95. The van der Waals surface area contributed by atoms with Crippen LogP contribution in [-0.4, -0.2) is 23.0 Å². The topological polar surface area (TPSA) is 68.0 Å². The minimum Gasteiger partial charge on any atom is -0.345 e. The SMILES string of the molecule is Cc1ccc(C(=O)NC(C)(CN)C2CC2)c(C)n1. The molecule has 4 nitrogen and oxygen atoms in total. The van der Waals surface area contributed by atoms with Crippen LogP contribution in [0, 0.1) is 19.8 Å². The van der Waals surface area contributed by atoms with Gasteiger partial charge in [0, 0.05) is 12.2 Å². The van der Waals surface area contributed by atoms with Crippen LogP contribution in [0.3, 0.4) is 0 Å². The number of carbonyl (C=O) groups is 1. The van der Waals surface area contributed by atoms with Crippen LogP contribution >= 0.6 is 0 Å². The molecule has 0 saturated heterocycles. The molecule has 1 atom stereocenters. The number of nitrogens with zero attached hydrogens (tertiary/aromatic N) is 1. The Labute approximate surface area is 108 Å². The third-order valence-electron chi connectivity index (χ3n) is 3.77. The normalized spacial score (nSPS) is 18.2. The first-order valence-electron chi connectivity index (χ1n) is 6.43. The second-order valence-electron chi connectivity index (χ2n) is 5.44. The zero-order valence-electron chi connectivity index (χ0n) is 11.3. The molecule has 18 heavy (non-hydrogen) atoms. The number of nitrogens with one attached hydrogen (secondary N) is 1. The van der Waals surface area contributed by atoms with E-state index in [-0.39, 0.29) is 11.4 Å². The van der Waals surface area contributed by atoms with Crippen molar-refractivity contribution in [3.63, 3.8) is 0 Å². The van der Waals surface area contributed by atoms with Crippen LogP contribution in [0.2, 0.25) is 0 Å². The number of amides is 1. The molecular formula is C14H21N3O. The molecule has 1 amide bonds. The molecule has 1 heterocycles. The Morgan fingerprint density at radius 2 is 2.17 bits per heavy atom. The molecule has 1 aromatic rings. The predicted molar refractivity (Wildman–Crippen MR) is 71.4 cm³/mol. The van der Waals surface area contributed by atoms with Crippen molar-refractivity contribution < 1.29 is 4.79 Å². The molecule has 4 heteroatoms.